The van der Waals surface area contributed by atoms with Crippen molar-refractivity contribution in [3.8, 4) is 0 Å². The molecule has 7 heteroatoms. The average molecular weight is 489 g/mol. The highest BCUT2D eigenvalue weighted by Crippen LogP contribution is 2.36. The Hall–Kier alpha value is -3.58. The number of anilines is 1. The molecule has 3 aromatic carbocycles. The maximum Gasteiger partial charge on any atom is 0.324 e. The van der Waals surface area contributed by atoms with Gasteiger partial charge in [-0.25, -0.2) is 0 Å². The molecule has 35 heavy (non-hydrogen) atoms. The zero-order chi connectivity index (χ0) is 24.5. The number of carbonyl (C=O) groups excluding carboxylic acids is 3. The summed E-state index contributed by atoms with van der Waals surface area (Å²) in [6.07, 6.45) is 1.16. The molecule has 2 amide bonds. The number of nitrogens with one attached hydrogen (secondary N) is 1. The summed E-state index contributed by atoms with van der Waals surface area (Å²) >= 11 is 1.40. The van der Waals surface area contributed by atoms with Gasteiger partial charge < -0.3 is 15.0 Å². The highest BCUT2D eigenvalue weighted by atomic mass is 32.2. The Balaban J connectivity index is 1.28. The Morgan fingerprint density at radius 2 is 1.43 bits per heavy atom. The molecule has 1 saturated heterocycles. The number of carbonyl (C=O) groups is 3. The summed E-state index contributed by atoms with van der Waals surface area (Å²) < 4.78 is 5.47. The van der Waals surface area contributed by atoms with E-state index in [-0.39, 0.29) is 24.3 Å². The van der Waals surface area contributed by atoms with Gasteiger partial charge in [0.25, 0.3) is 5.91 Å². The van der Waals surface area contributed by atoms with E-state index >= 15 is 0 Å². The Morgan fingerprint density at radius 3 is 2.06 bits per heavy atom. The van der Waals surface area contributed by atoms with E-state index in [1.807, 2.05) is 91.0 Å². The van der Waals surface area contributed by atoms with E-state index in [0.29, 0.717) is 25.9 Å². The van der Waals surface area contributed by atoms with E-state index in [1.54, 1.807) is 4.90 Å². The SMILES string of the molecule is O=C(Nc1ccccc1)C1CCN(C(=O)COC(=O)C(Sc2ccccc2)c2ccccc2)CC1. The van der Waals surface area contributed by atoms with Crippen molar-refractivity contribution in [2.75, 3.05) is 25.0 Å². The predicted molar refractivity (Wildman–Crippen MR) is 137 cm³/mol. The number of piperidine rings is 1. The van der Waals surface area contributed by atoms with Gasteiger partial charge in [-0.15, -0.1) is 11.8 Å². The predicted octanol–water partition coefficient (Wildman–Crippen LogP) is 4.94. The lowest BCUT2D eigenvalue weighted by Crippen LogP contribution is -2.43. The summed E-state index contributed by atoms with van der Waals surface area (Å²) in [6.45, 7) is 0.618. The molecule has 3 aromatic rings. The van der Waals surface area contributed by atoms with Crippen LogP contribution in [0.5, 0.6) is 0 Å². The first kappa shape index (κ1) is 24.5. The molecule has 6 nitrogen and oxygen atoms in total. The van der Waals surface area contributed by atoms with E-state index < -0.39 is 11.2 Å². The van der Waals surface area contributed by atoms with Crippen LogP contribution in [0.3, 0.4) is 0 Å². The van der Waals surface area contributed by atoms with Gasteiger partial charge in [0, 0.05) is 29.6 Å². The summed E-state index contributed by atoms with van der Waals surface area (Å²) in [6, 6.07) is 28.4. The van der Waals surface area contributed by atoms with Gasteiger partial charge in [0.15, 0.2) is 6.61 Å². The number of para-hydroxylation sites is 1. The van der Waals surface area contributed by atoms with Crippen LogP contribution in [-0.4, -0.2) is 42.4 Å². The first-order chi connectivity index (χ1) is 17.1. The molecule has 0 saturated carbocycles. The second-order valence-corrected chi connectivity index (χ2v) is 9.52. The minimum atomic E-state index is -0.571. The lowest BCUT2D eigenvalue weighted by molar-refractivity contribution is -0.152. The highest BCUT2D eigenvalue weighted by Gasteiger charge is 2.29. The van der Waals surface area contributed by atoms with Crippen molar-refractivity contribution >= 4 is 35.2 Å². The first-order valence-electron chi connectivity index (χ1n) is 11.7. The molecule has 0 radical (unpaired) electrons. The second-order valence-electron chi connectivity index (χ2n) is 8.34. The Kier molecular flexibility index (Phi) is 8.57. The van der Waals surface area contributed by atoms with Gasteiger partial charge in [-0.3, -0.25) is 14.4 Å². The number of esters is 1. The number of thioether (sulfide) groups is 1. The molecular formula is C28H28N2O4S. The van der Waals surface area contributed by atoms with Crippen molar-refractivity contribution in [1.29, 1.82) is 0 Å². The monoisotopic (exact) mass is 488 g/mol. The van der Waals surface area contributed by atoms with Crippen LogP contribution in [0, 0.1) is 5.92 Å². The van der Waals surface area contributed by atoms with Crippen molar-refractivity contribution in [2.45, 2.75) is 23.0 Å². The molecule has 1 N–H and O–H groups in total. The second kappa shape index (κ2) is 12.2. The topological polar surface area (TPSA) is 75.7 Å². The third-order valence-electron chi connectivity index (χ3n) is 5.91. The molecule has 1 atom stereocenters. The number of ether oxygens (including phenoxy) is 1. The fourth-order valence-corrected chi connectivity index (χ4v) is 5.02. The van der Waals surface area contributed by atoms with Crippen LogP contribution in [0.15, 0.2) is 95.9 Å². The normalized spacial score (nSPS) is 14.7. The molecule has 1 unspecified atom stereocenters. The van der Waals surface area contributed by atoms with E-state index in [1.165, 1.54) is 11.8 Å². The molecule has 0 bridgehead atoms. The van der Waals surface area contributed by atoms with Crippen LogP contribution in [0.2, 0.25) is 0 Å². The number of benzene rings is 3. The van der Waals surface area contributed by atoms with Crippen LogP contribution >= 0.6 is 11.8 Å². The Bertz CT molecular complexity index is 1120. The summed E-state index contributed by atoms with van der Waals surface area (Å²) in [5, 5.41) is 2.36. The van der Waals surface area contributed by atoms with Crippen LogP contribution in [-0.2, 0) is 19.1 Å². The fraction of sp³-hybridized carbons (Fsp3) is 0.250. The third-order valence-corrected chi connectivity index (χ3v) is 7.16. The number of amides is 2. The summed E-state index contributed by atoms with van der Waals surface area (Å²) in [4.78, 5) is 40.9. The minimum Gasteiger partial charge on any atom is -0.454 e. The van der Waals surface area contributed by atoms with Crippen LogP contribution in [0.4, 0.5) is 5.69 Å². The van der Waals surface area contributed by atoms with Crippen LogP contribution in [0.1, 0.15) is 23.7 Å². The molecule has 180 valence electrons. The molecule has 4 rings (SSSR count). The van der Waals surface area contributed by atoms with Crippen molar-refractivity contribution in [3.63, 3.8) is 0 Å². The highest BCUT2D eigenvalue weighted by molar-refractivity contribution is 8.00. The number of hydrogen-bond donors (Lipinski definition) is 1. The smallest absolute Gasteiger partial charge is 0.324 e. The molecule has 1 fully saturated rings. The molecule has 1 heterocycles. The van der Waals surface area contributed by atoms with E-state index in [2.05, 4.69) is 5.32 Å². The fourth-order valence-electron chi connectivity index (χ4n) is 3.97. The van der Waals surface area contributed by atoms with Crippen LogP contribution < -0.4 is 5.32 Å². The maximum atomic E-state index is 13.0. The minimum absolute atomic E-state index is 0.0293. The van der Waals surface area contributed by atoms with Gasteiger partial charge in [-0.05, 0) is 42.7 Å². The number of rotatable bonds is 8. The van der Waals surface area contributed by atoms with Gasteiger partial charge in [-0.1, -0.05) is 66.7 Å². The summed E-state index contributed by atoms with van der Waals surface area (Å²) in [5.41, 5.74) is 1.59. The maximum absolute atomic E-state index is 13.0. The number of likely N-dealkylation sites (tertiary alicyclic amines) is 1. The molecule has 0 aliphatic carbocycles. The molecule has 1 aliphatic rings. The van der Waals surface area contributed by atoms with E-state index in [4.69, 9.17) is 4.74 Å². The Morgan fingerprint density at radius 1 is 0.857 bits per heavy atom. The molecule has 1 aliphatic heterocycles. The van der Waals surface area contributed by atoms with E-state index in [9.17, 15) is 14.4 Å². The zero-order valence-electron chi connectivity index (χ0n) is 19.3. The van der Waals surface area contributed by atoms with Gasteiger partial charge >= 0.3 is 5.97 Å². The quantitative estimate of drug-likeness (QED) is 0.359. The molecule has 0 spiro atoms. The van der Waals surface area contributed by atoms with E-state index in [0.717, 1.165) is 16.1 Å². The third kappa shape index (κ3) is 6.96. The lowest BCUT2D eigenvalue weighted by Gasteiger charge is -2.31. The molecule has 0 aromatic heterocycles. The van der Waals surface area contributed by atoms with Crippen molar-refractivity contribution in [3.05, 3.63) is 96.6 Å². The van der Waals surface area contributed by atoms with Gasteiger partial charge in [-0.2, -0.15) is 0 Å². The standard InChI is InChI=1S/C28H28N2O4S/c31-25(30-18-16-22(17-19-30)27(32)29-23-12-6-2-7-13-23)20-34-28(33)26(21-10-4-1-5-11-21)35-24-14-8-3-9-15-24/h1-15,22,26H,16-20H2,(H,29,32). The summed E-state index contributed by atoms with van der Waals surface area (Å²) in [7, 11) is 0. The van der Waals surface area contributed by atoms with Crippen LogP contribution in [0.25, 0.3) is 0 Å². The number of hydrogen-bond acceptors (Lipinski definition) is 5. The van der Waals surface area contributed by atoms with Crippen molar-refractivity contribution in [1.82, 2.24) is 4.90 Å². The summed E-state index contributed by atoms with van der Waals surface area (Å²) in [5.74, 6) is -0.864. The van der Waals surface area contributed by atoms with Gasteiger partial charge in [0.05, 0.1) is 0 Å². The largest absolute Gasteiger partial charge is 0.454 e. The number of nitrogens with zero attached hydrogens (tertiary/aromatic N) is 1. The van der Waals surface area contributed by atoms with Crippen molar-refractivity contribution < 1.29 is 19.1 Å². The average Bonchev–Trinajstić information content (AvgIpc) is 2.92. The van der Waals surface area contributed by atoms with Gasteiger partial charge in [0.1, 0.15) is 5.25 Å². The molecular weight excluding hydrogens is 460 g/mol. The van der Waals surface area contributed by atoms with Crippen molar-refractivity contribution in [2.24, 2.45) is 5.92 Å². The first-order valence-corrected chi connectivity index (χ1v) is 12.5. The Labute approximate surface area is 209 Å². The van der Waals surface area contributed by atoms with Gasteiger partial charge in [0.2, 0.25) is 5.91 Å². The zero-order valence-corrected chi connectivity index (χ0v) is 20.2. The lowest BCUT2D eigenvalue weighted by atomic mass is 9.95.